The van der Waals surface area contributed by atoms with E-state index in [1.165, 1.54) is 0 Å². The summed E-state index contributed by atoms with van der Waals surface area (Å²) in [6.07, 6.45) is 2.68. The zero-order chi connectivity index (χ0) is 13.1. The molecule has 4 heteroatoms. The Kier molecular flexibility index (Phi) is 3.77. The molecule has 1 fully saturated rings. The van der Waals surface area contributed by atoms with Crippen LogP contribution in [-0.4, -0.2) is 15.9 Å². The van der Waals surface area contributed by atoms with E-state index in [4.69, 9.17) is 12.2 Å². The Labute approximate surface area is 112 Å². The standard InChI is InChI=1S/C14H16N2OS/c1-3-7-12-13(17)16(14(18)15-12)10(2)11-8-5-4-6-9-11/h4-10H,3H2,1-2H3,(H,15,18)/b12-7-. The molecule has 94 valence electrons. The first-order valence-electron chi connectivity index (χ1n) is 6.04. The second-order valence-corrected chi connectivity index (χ2v) is 4.60. The van der Waals surface area contributed by atoms with Gasteiger partial charge in [0.15, 0.2) is 5.11 Å². The molecule has 0 saturated carbocycles. The molecule has 1 aliphatic rings. The first-order valence-corrected chi connectivity index (χ1v) is 6.45. The molecule has 0 spiro atoms. The Morgan fingerprint density at radius 3 is 2.67 bits per heavy atom. The molecule has 0 bridgehead atoms. The van der Waals surface area contributed by atoms with Gasteiger partial charge in [-0.3, -0.25) is 9.69 Å². The van der Waals surface area contributed by atoms with Gasteiger partial charge in [-0.15, -0.1) is 0 Å². The van der Waals surface area contributed by atoms with Crippen LogP contribution < -0.4 is 5.32 Å². The van der Waals surface area contributed by atoms with Crippen LogP contribution in [0.2, 0.25) is 0 Å². The third-order valence-corrected chi connectivity index (χ3v) is 3.29. The maximum Gasteiger partial charge on any atom is 0.276 e. The van der Waals surface area contributed by atoms with E-state index in [1.54, 1.807) is 4.90 Å². The third kappa shape index (κ3) is 2.29. The molecule has 2 rings (SSSR count). The zero-order valence-electron chi connectivity index (χ0n) is 10.5. The van der Waals surface area contributed by atoms with Crippen molar-refractivity contribution in [1.29, 1.82) is 0 Å². The molecule has 18 heavy (non-hydrogen) atoms. The lowest BCUT2D eigenvalue weighted by Gasteiger charge is -2.23. The first kappa shape index (κ1) is 12.8. The van der Waals surface area contributed by atoms with Crippen molar-refractivity contribution in [2.24, 2.45) is 0 Å². The second kappa shape index (κ2) is 5.31. The maximum atomic E-state index is 12.2. The number of thiocarbonyl (C=S) groups is 1. The summed E-state index contributed by atoms with van der Waals surface area (Å²) in [6, 6.07) is 9.84. The van der Waals surface area contributed by atoms with Crippen molar-refractivity contribution in [3.05, 3.63) is 47.7 Å². The molecule has 1 amide bonds. The number of hydrogen-bond donors (Lipinski definition) is 1. The molecule has 0 aliphatic carbocycles. The van der Waals surface area contributed by atoms with Crippen molar-refractivity contribution < 1.29 is 4.79 Å². The van der Waals surface area contributed by atoms with Gasteiger partial charge < -0.3 is 5.32 Å². The molecule has 1 atom stereocenters. The number of nitrogens with one attached hydrogen (secondary N) is 1. The number of amides is 1. The van der Waals surface area contributed by atoms with Crippen LogP contribution in [0, 0.1) is 0 Å². The molecular formula is C14H16N2OS. The Hall–Kier alpha value is -1.68. The van der Waals surface area contributed by atoms with Gasteiger partial charge in [-0.1, -0.05) is 43.3 Å². The average molecular weight is 260 g/mol. The van der Waals surface area contributed by atoms with Gasteiger partial charge in [0, 0.05) is 0 Å². The fourth-order valence-corrected chi connectivity index (χ4v) is 2.38. The van der Waals surface area contributed by atoms with Crippen LogP contribution in [0.4, 0.5) is 0 Å². The normalized spacial score (nSPS) is 19.2. The van der Waals surface area contributed by atoms with Gasteiger partial charge in [0.05, 0.1) is 6.04 Å². The predicted molar refractivity (Wildman–Crippen MR) is 75.8 cm³/mol. The van der Waals surface area contributed by atoms with E-state index in [9.17, 15) is 4.79 Å². The minimum atomic E-state index is -0.0542. The summed E-state index contributed by atoms with van der Waals surface area (Å²) in [4.78, 5) is 13.9. The molecule has 1 aromatic carbocycles. The highest BCUT2D eigenvalue weighted by atomic mass is 32.1. The van der Waals surface area contributed by atoms with E-state index in [0.717, 1.165) is 12.0 Å². The summed E-state index contributed by atoms with van der Waals surface area (Å²) in [5.41, 5.74) is 1.66. The van der Waals surface area contributed by atoms with Crippen molar-refractivity contribution in [3.8, 4) is 0 Å². The average Bonchev–Trinajstić information content (AvgIpc) is 2.65. The lowest BCUT2D eigenvalue weighted by atomic mass is 10.1. The highest BCUT2D eigenvalue weighted by Gasteiger charge is 2.34. The van der Waals surface area contributed by atoms with Gasteiger partial charge in [-0.2, -0.15) is 0 Å². The SMILES string of the molecule is CC/C=C1\NC(=S)N(C(C)c2ccccc2)C1=O. The van der Waals surface area contributed by atoms with Gasteiger partial charge in [-0.25, -0.2) is 0 Å². The Morgan fingerprint density at radius 2 is 2.06 bits per heavy atom. The smallest absolute Gasteiger partial charge is 0.276 e. The Bertz CT molecular complexity index is 496. The van der Waals surface area contributed by atoms with E-state index in [1.807, 2.05) is 50.3 Å². The summed E-state index contributed by atoms with van der Waals surface area (Å²) >= 11 is 5.24. The monoisotopic (exact) mass is 260 g/mol. The van der Waals surface area contributed by atoms with Crippen molar-refractivity contribution in [1.82, 2.24) is 10.2 Å². The molecule has 0 aromatic heterocycles. The van der Waals surface area contributed by atoms with E-state index >= 15 is 0 Å². The second-order valence-electron chi connectivity index (χ2n) is 4.22. The topological polar surface area (TPSA) is 32.3 Å². The highest BCUT2D eigenvalue weighted by Crippen LogP contribution is 2.25. The molecule has 1 heterocycles. The van der Waals surface area contributed by atoms with E-state index in [0.29, 0.717) is 10.8 Å². The van der Waals surface area contributed by atoms with Crippen LogP contribution in [-0.2, 0) is 4.79 Å². The number of carbonyl (C=O) groups excluding carboxylic acids is 1. The molecular weight excluding hydrogens is 244 g/mol. The summed E-state index contributed by atoms with van der Waals surface area (Å²) in [5, 5.41) is 3.46. The zero-order valence-corrected chi connectivity index (χ0v) is 11.3. The molecule has 1 N–H and O–H groups in total. The molecule has 0 radical (unpaired) electrons. The molecule has 1 unspecified atom stereocenters. The quantitative estimate of drug-likeness (QED) is 0.670. The summed E-state index contributed by atoms with van der Waals surface area (Å²) < 4.78 is 0. The van der Waals surface area contributed by atoms with Crippen molar-refractivity contribution in [2.75, 3.05) is 0 Å². The predicted octanol–water partition coefficient (Wildman–Crippen LogP) is 2.76. The lowest BCUT2D eigenvalue weighted by Crippen LogP contribution is -2.33. The van der Waals surface area contributed by atoms with Crippen molar-refractivity contribution in [2.45, 2.75) is 26.3 Å². The number of carbonyl (C=O) groups is 1. The summed E-state index contributed by atoms with van der Waals surface area (Å²) in [5.74, 6) is -0.0433. The van der Waals surface area contributed by atoms with Crippen LogP contribution in [0.5, 0.6) is 0 Å². The van der Waals surface area contributed by atoms with Gasteiger partial charge in [0.1, 0.15) is 5.70 Å². The van der Waals surface area contributed by atoms with E-state index in [-0.39, 0.29) is 11.9 Å². The highest BCUT2D eigenvalue weighted by molar-refractivity contribution is 7.80. The van der Waals surface area contributed by atoms with Crippen LogP contribution >= 0.6 is 12.2 Å². The third-order valence-electron chi connectivity index (χ3n) is 2.99. The minimum Gasteiger partial charge on any atom is -0.328 e. The lowest BCUT2D eigenvalue weighted by molar-refractivity contribution is -0.123. The number of benzene rings is 1. The van der Waals surface area contributed by atoms with Crippen molar-refractivity contribution in [3.63, 3.8) is 0 Å². The van der Waals surface area contributed by atoms with Gasteiger partial charge in [0.25, 0.3) is 5.91 Å². The van der Waals surface area contributed by atoms with Crippen LogP contribution in [0.15, 0.2) is 42.1 Å². The molecule has 1 aromatic rings. The fraction of sp³-hybridized carbons (Fsp3) is 0.286. The summed E-state index contributed by atoms with van der Waals surface area (Å²) in [7, 11) is 0. The van der Waals surface area contributed by atoms with Crippen LogP contribution in [0.3, 0.4) is 0 Å². The van der Waals surface area contributed by atoms with Crippen LogP contribution in [0.1, 0.15) is 31.9 Å². The van der Waals surface area contributed by atoms with E-state index < -0.39 is 0 Å². The number of hydrogen-bond acceptors (Lipinski definition) is 2. The summed E-state index contributed by atoms with van der Waals surface area (Å²) in [6.45, 7) is 3.98. The number of allylic oxidation sites excluding steroid dienone is 1. The molecule has 1 saturated heterocycles. The molecule has 1 aliphatic heterocycles. The number of nitrogens with zero attached hydrogens (tertiary/aromatic N) is 1. The van der Waals surface area contributed by atoms with Gasteiger partial charge >= 0.3 is 0 Å². The Morgan fingerprint density at radius 1 is 1.39 bits per heavy atom. The minimum absolute atomic E-state index is 0.0433. The largest absolute Gasteiger partial charge is 0.328 e. The van der Waals surface area contributed by atoms with Crippen LogP contribution in [0.25, 0.3) is 0 Å². The Balaban J connectivity index is 2.26. The van der Waals surface area contributed by atoms with Gasteiger partial charge in [0.2, 0.25) is 0 Å². The fourth-order valence-electron chi connectivity index (χ4n) is 2.03. The number of rotatable bonds is 3. The van der Waals surface area contributed by atoms with Crippen molar-refractivity contribution >= 4 is 23.2 Å². The maximum absolute atomic E-state index is 12.2. The van der Waals surface area contributed by atoms with E-state index in [2.05, 4.69) is 5.32 Å². The van der Waals surface area contributed by atoms with Gasteiger partial charge in [-0.05, 0) is 31.1 Å². The molecule has 3 nitrogen and oxygen atoms in total. The first-order chi connectivity index (χ1) is 8.65.